The number of rotatable bonds is 9. The summed E-state index contributed by atoms with van der Waals surface area (Å²) in [6.07, 6.45) is 0.961. The second-order valence-corrected chi connectivity index (χ2v) is 4.50. The molecular weight excluding hydrogens is 242 g/mol. The molecule has 1 rings (SSSR count). The highest BCUT2D eigenvalue weighted by Gasteiger charge is 2.08. The topological polar surface area (TPSA) is 41.9 Å². The minimum atomic E-state index is 0.296. The van der Waals surface area contributed by atoms with Crippen molar-refractivity contribution < 1.29 is 14.6 Å². The Morgan fingerprint density at radius 1 is 1.21 bits per heavy atom. The monoisotopic (exact) mass is 267 g/mol. The van der Waals surface area contributed by atoms with Crippen molar-refractivity contribution in [1.82, 2.24) is 4.90 Å². The molecule has 0 saturated heterocycles. The van der Waals surface area contributed by atoms with Crippen LogP contribution in [0.1, 0.15) is 25.8 Å². The molecule has 1 N–H and O–H groups in total. The van der Waals surface area contributed by atoms with Crippen LogP contribution in [0.25, 0.3) is 0 Å². The highest BCUT2D eigenvalue weighted by Crippen LogP contribution is 2.24. The fourth-order valence-corrected chi connectivity index (χ4v) is 1.80. The number of hydrogen-bond donors (Lipinski definition) is 1. The first-order valence-electron chi connectivity index (χ1n) is 6.87. The Morgan fingerprint density at radius 3 is 2.58 bits per heavy atom. The summed E-state index contributed by atoms with van der Waals surface area (Å²) >= 11 is 0. The summed E-state index contributed by atoms with van der Waals surface area (Å²) in [5.74, 6) is 1.02. The first kappa shape index (κ1) is 15.8. The lowest BCUT2D eigenvalue weighted by Gasteiger charge is -2.20. The average Bonchev–Trinajstić information content (AvgIpc) is 2.43. The second-order valence-electron chi connectivity index (χ2n) is 4.50. The Hall–Kier alpha value is -1.26. The van der Waals surface area contributed by atoms with Crippen molar-refractivity contribution in [3.63, 3.8) is 0 Å². The quantitative estimate of drug-likeness (QED) is 0.747. The van der Waals surface area contributed by atoms with E-state index in [1.807, 2.05) is 12.1 Å². The van der Waals surface area contributed by atoms with Crippen molar-refractivity contribution in [2.75, 3.05) is 33.4 Å². The predicted octanol–water partition coefficient (Wildman–Crippen LogP) is 2.65. The molecule has 0 aromatic heterocycles. The van der Waals surface area contributed by atoms with Crippen LogP contribution in [0.5, 0.6) is 11.5 Å². The lowest BCUT2D eigenvalue weighted by molar-refractivity contribution is 0.147. The van der Waals surface area contributed by atoms with Gasteiger partial charge in [0.15, 0.2) is 0 Å². The van der Waals surface area contributed by atoms with Crippen molar-refractivity contribution in [3.8, 4) is 11.5 Å². The normalized spacial score (nSPS) is 10.9. The molecule has 0 fully saturated rings. The van der Waals surface area contributed by atoms with Crippen LogP contribution >= 0.6 is 0 Å². The van der Waals surface area contributed by atoms with Crippen molar-refractivity contribution in [2.45, 2.75) is 26.8 Å². The van der Waals surface area contributed by atoms with Gasteiger partial charge in [0.2, 0.25) is 0 Å². The highest BCUT2D eigenvalue weighted by atomic mass is 16.5. The molecule has 0 unspecified atom stereocenters. The van der Waals surface area contributed by atoms with E-state index in [1.165, 1.54) is 0 Å². The van der Waals surface area contributed by atoms with Crippen molar-refractivity contribution in [3.05, 3.63) is 23.8 Å². The first-order valence-corrected chi connectivity index (χ1v) is 6.87. The molecule has 108 valence electrons. The van der Waals surface area contributed by atoms with E-state index in [-0.39, 0.29) is 0 Å². The van der Waals surface area contributed by atoms with E-state index in [9.17, 15) is 5.11 Å². The summed E-state index contributed by atoms with van der Waals surface area (Å²) in [6, 6.07) is 5.53. The van der Waals surface area contributed by atoms with Crippen LogP contribution in [0.15, 0.2) is 18.2 Å². The van der Waals surface area contributed by atoms with Gasteiger partial charge in [0.1, 0.15) is 11.5 Å². The van der Waals surface area contributed by atoms with Crippen LogP contribution in [-0.4, -0.2) is 43.4 Å². The molecule has 0 heterocycles. The predicted molar refractivity (Wildman–Crippen MR) is 76.7 cm³/mol. The number of phenolic OH excluding ortho intramolecular Hbond substituents is 1. The van der Waals surface area contributed by atoms with Crippen molar-refractivity contribution in [1.29, 1.82) is 0 Å². The number of methoxy groups -OCH3 is 1. The number of aromatic hydroxyl groups is 1. The Kier molecular flexibility index (Phi) is 7.30. The molecule has 0 radical (unpaired) electrons. The molecule has 1 aromatic carbocycles. The summed E-state index contributed by atoms with van der Waals surface area (Å²) in [5.41, 5.74) is 0.918. The van der Waals surface area contributed by atoms with E-state index in [1.54, 1.807) is 13.2 Å². The van der Waals surface area contributed by atoms with E-state index in [0.717, 1.165) is 37.4 Å². The number of hydrogen-bond acceptors (Lipinski definition) is 4. The van der Waals surface area contributed by atoms with Gasteiger partial charge in [0.25, 0.3) is 0 Å². The SMILES string of the molecule is CCCOc1ccc(CN(CC)CCOC)c(O)c1. The zero-order valence-electron chi connectivity index (χ0n) is 12.2. The van der Waals surface area contributed by atoms with Gasteiger partial charge >= 0.3 is 0 Å². The highest BCUT2D eigenvalue weighted by molar-refractivity contribution is 5.39. The third-order valence-electron chi connectivity index (χ3n) is 2.98. The average molecular weight is 267 g/mol. The summed E-state index contributed by atoms with van der Waals surface area (Å²) in [4.78, 5) is 2.23. The fraction of sp³-hybridized carbons (Fsp3) is 0.600. The molecule has 0 bridgehead atoms. The maximum Gasteiger partial charge on any atom is 0.123 e. The summed E-state index contributed by atoms with van der Waals surface area (Å²) < 4.78 is 10.6. The van der Waals surface area contributed by atoms with Gasteiger partial charge in [-0.3, -0.25) is 4.90 Å². The number of ether oxygens (including phenoxy) is 2. The molecule has 0 spiro atoms. The number of nitrogens with zero attached hydrogens (tertiary/aromatic N) is 1. The standard InChI is InChI=1S/C15H25NO3/c1-4-9-19-14-7-6-13(15(17)11-14)12-16(5-2)8-10-18-3/h6-7,11,17H,4-5,8-10,12H2,1-3H3. The van der Waals surface area contributed by atoms with Crippen LogP contribution < -0.4 is 4.74 Å². The molecule has 0 saturated carbocycles. The second kappa shape index (κ2) is 8.77. The van der Waals surface area contributed by atoms with Crippen LogP contribution in [-0.2, 0) is 11.3 Å². The maximum atomic E-state index is 10.0. The van der Waals surface area contributed by atoms with Gasteiger partial charge in [-0.1, -0.05) is 19.9 Å². The summed E-state index contributed by atoms with van der Waals surface area (Å²) in [5, 5.41) is 10.0. The van der Waals surface area contributed by atoms with E-state index >= 15 is 0 Å². The number of phenols is 1. The van der Waals surface area contributed by atoms with Crippen LogP contribution in [0.2, 0.25) is 0 Å². The van der Waals surface area contributed by atoms with E-state index < -0.39 is 0 Å². The molecule has 19 heavy (non-hydrogen) atoms. The van der Waals surface area contributed by atoms with E-state index in [4.69, 9.17) is 9.47 Å². The summed E-state index contributed by atoms with van der Waals surface area (Å²) in [7, 11) is 1.70. The smallest absolute Gasteiger partial charge is 0.123 e. The Morgan fingerprint density at radius 2 is 2.00 bits per heavy atom. The van der Waals surface area contributed by atoms with Gasteiger partial charge in [-0.05, 0) is 19.0 Å². The molecule has 1 aromatic rings. The van der Waals surface area contributed by atoms with Gasteiger partial charge in [-0.2, -0.15) is 0 Å². The lowest BCUT2D eigenvalue weighted by atomic mass is 10.1. The van der Waals surface area contributed by atoms with Gasteiger partial charge < -0.3 is 14.6 Å². The van der Waals surface area contributed by atoms with Gasteiger partial charge in [0.05, 0.1) is 13.2 Å². The van der Waals surface area contributed by atoms with Crippen LogP contribution in [0, 0.1) is 0 Å². The molecule has 4 heteroatoms. The first-order chi connectivity index (χ1) is 9.21. The maximum absolute atomic E-state index is 10.0. The third-order valence-corrected chi connectivity index (χ3v) is 2.98. The number of likely N-dealkylation sites (N-methyl/N-ethyl adjacent to an activating group) is 1. The van der Waals surface area contributed by atoms with Gasteiger partial charge in [-0.25, -0.2) is 0 Å². The number of benzene rings is 1. The van der Waals surface area contributed by atoms with Crippen LogP contribution in [0.4, 0.5) is 0 Å². The van der Waals surface area contributed by atoms with Crippen LogP contribution in [0.3, 0.4) is 0 Å². The molecule has 4 nitrogen and oxygen atoms in total. The molecule has 0 aliphatic carbocycles. The molecular formula is C15H25NO3. The molecule has 0 amide bonds. The zero-order chi connectivity index (χ0) is 14.1. The van der Waals surface area contributed by atoms with E-state index in [0.29, 0.717) is 19.0 Å². The molecule has 0 aliphatic rings. The van der Waals surface area contributed by atoms with E-state index in [2.05, 4.69) is 18.7 Å². The molecule has 0 atom stereocenters. The molecule has 0 aliphatic heterocycles. The van der Waals surface area contributed by atoms with Gasteiger partial charge in [0, 0.05) is 31.8 Å². The van der Waals surface area contributed by atoms with Gasteiger partial charge in [-0.15, -0.1) is 0 Å². The fourth-order valence-electron chi connectivity index (χ4n) is 1.80. The Bertz CT molecular complexity index is 368. The zero-order valence-corrected chi connectivity index (χ0v) is 12.2. The summed E-state index contributed by atoms with van der Waals surface area (Å²) in [6.45, 7) is 8.05. The Balaban J connectivity index is 2.62. The van der Waals surface area contributed by atoms with Crippen molar-refractivity contribution >= 4 is 0 Å². The minimum Gasteiger partial charge on any atom is -0.507 e. The third kappa shape index (κ3) is 5.49. The Labute approximate surface area is 115 Å². The largest absolute Gasteiger partial charge is 0.507 e. The minimum absolute atomic E-state index is 0.296. The lowest BCUT2D eigenvalue weighted by Crippen LogP contribution is -2.26. The van der Waals surface area contributed by atoms with Crippen molar-refractivity contribution in [2.24, 2.45) is 0 Å².